The summed E-state index contributed by atoms with van der Waals surface area (Å²) in [6.45, 7) is 0. The van der Waals surface area contributed by atoms with Crippen molar-refractivity contribution in [3.63, 3.8) is 0 Å². The van der Waals surface area contributed by atoms with Crippen LogP contribution < -0.4 is 21.3 Å². The van der Waals surface area contributed by atoms with Gasteiger partial charge in [-0.15, -0.1) is 0 Å². The number of nitrogens with zero attached hydrogens (tertiary/aromatic N) is 10. The van der Waals surface area contributed by atoms with E-state index in [9.17, 15) is 88.0 Å². The van der Waals surface area contributed by atoms with E-state index < -0.39 is 102 Å². The molecule has 0 fully saturated rings. The molecule has 0 aliphatic rings. The lowest BCUT2D eigenvalue weighted by Crippen LogP contribution is -2.06. The van der Waals surface area contributed by atoms with Crippen molar-refractivity contribution in [1.29, 1.82) is 0 Å². The molecule has 0 bridgehead atoms. The quantitative estimate of drug-likeness (QED) is 0.0192. The molecule has 0 aliphatic carbocycles. The number of hydrogen-bond donors (Lipinski definition) is 12. The molecular weight excluding hydrogens is 1330 g/mol. The third-order valence-electron chi connectivity index (χ3n) is 12.5. The van der Waals surface area contributed by atoms with Crippen LogP contribution in [0.1, 0.15) is 11.1 Å². The molecule has 0 unspecified atom stereocenters. The molecule has 10 rings (SSSR count). The largest absolute Gasteiger partial charge is 0.479 e. The summed E-state index contributed by atoms with van der Waals surface area (Å²) in [6, 6.07) is 27.7. The van der Waals surface area contributed by atoms with Crippen molar-refractivity contribution in [1.82, 2.24) is 29.9 Å². The average Bonchev–Trinajstić information content (AvgIpc) is 0.781. The monoisotopic (exact) mass is 1370 g/mol. The van der Waals surface area contributed by atoms with Crippen molar-refractivity contribution >= 4 is 164 Å². The minimum absolute atomic E-state index is 0.0663. The number of benzene rings is 8. The Kier molecular flexibility index (Phi) is 17.3. The van der Waals surface area contributed by atoms with Crippen LogP contribution in [0.25, 0.3) is 33.7 Å². The van der Waals surface area contributed by atoms with Crippen LogP contribution >= 0.6 is 0 Å². The van der Waals surface area contributed by atoms with Crippen LogP contribution in [0, 0.1) is 0 Å². The Morgan fingerprint density at radius 3 is 0.902 bits per heavy atom. The first-order chi connectivity index (χ1) is 43.1. The van der Waals surface area contributed by atoms with Gasteiger partial charge in [0.2, 0.25) is 23.8 Å². The van der Waals surface area contributed by atoms with Crippen molar-refractivity contribution in [2.45, 2.75) is 29.4 Å². The molecule has 0 spiro atoms. The summed E-state index contributed by atoms with van der Waals surface area (Å²) in [5.74, 6) is -1.20. The van der Waals surface area contributed by atoms with E-state index >= 15 is 0 Å². The van der Waals surface area contributed by atoms with Gasteiger partial charge in [-0.2, -0.15) is 101 Å². The number of azo groups is 2. The zero-order valence-corrected chi connectivity index (χ0v) is 50.3. The van der Waals surface area contributed by atoms with Gasteiger partial charge < -0.3 is 31.5 Å². The standard InChI is InChI=1S/C52H38N14O20S6/c67-51-59-47(53-29-13-17-31(18-14-29)63-65-35-21-39-37(45(25-35)91(81,82)83)3-1-5-41(39)87(69,70)71)57-49(61-51)55-33-11-9-27(43(23-33)89(75,76)77)7-8-28-10-12-34(24-44(28)90(78,79)80)56-50-58-48(60-52(68)62-50)54-30-15-19-32(20-16-30)64-66-36-22-40-38(46(26-36)92(84,85)86)4-2-6-42(40)88(72,73)74/h1-26H,(H,69,70,71)(H,72,73,74)(H,75,76,77)(H,78,79,80)(H,81,82,83)(H,84,85,86)(H3,53,55,57,59,61,67)(H3,54,56,58,60,62,68)/b8-7+,65-63+,66-64+. The Labute approximate surface area is 518 Å². The number of anilines is 8. The van der Waals surface area contributed by atoms with E-state index in [0.29, 0.717) is 11.4 Å². The fourth-order valence-electron chi connectivity index (χ4n) is 8.66. The number of aromatic hydroxyl groups is 2. The van der Waals surface area contributed by atoms with Gasteiger partial charge in [0.1, 0.15) is 29.4 Å². The van der Waals surface area contributed by atoms with Crippen molar-refractivity contribution in [3.8, 4) is 12.0 Å². The van der Waals surface area contributed by atoms with Gasteiger partial charge in [0.25, 0.3) is 60.7 Å². The molecule has 0 atom stereocenters. The van der Waals surface area contributed by atoms with Gasteiger partial charge in [0, 0.05) is 44.3 Å². The van der Waals surface area contributed by atoms with Gasteiger partial charge in [-0.1, -0.05) is 48.6 Å². The summed E-state index contributed by atoms with van der Waals surface area (Å²) in [6.07, 6.45) is 2.21. The van der Waals surface area contributed by atoms with Crippen LogP contribution in [-0.2, 0) is 60.7 Å². The number of aromatic nitrogens is 6. The van der Waals surface area contributed by atoms with E-state index in [2.05, 4.69) is 71.6 Å². The number of nitrogens with one attached hydrogen (secondary N) is 4. The highest BCUT2D eigenvalue weighted by molar-refractivity contribution is 7.87. The summed E-state index contributed by atoms with van der Waals surface area (Å²) < 4.78 is 208. The second-order valence-corrected chi connectivity index (χ2v) is 27.2. The highest BCUT2D eigenvalue weighted by Crippen LogP contribution is 2.37. The molecule has 0 saturated heterocycles. The highest BCUT2D eigenvalue weighted by atomic mass is 32.2. The van der Waals surface area contributed by atoms with Crippen LogP contribution in [0.15, 0.2) is 195 Å². The highest BCUT2D eigenvalue weighted by Gasteiger charge is 2.25. The summed E-state index contributed by atoms with van der Waals surface area (Å²) in [5.41, 5.74) is -0.0401. The molecular formula is C52H38N14O20S6. The van der Waals surface area contributed by atoms with Crippen LogP contribution in [-0.4, -0.2) is 118 Å². The Morgan fingerprint density at radius 2 is 0.587 bits per heavy atom. The predicted molar refractivity (Wildman–Crippen MR) is 326 cm³/mol. The van der Waals surface area contributed by atoms with E-state index in [0.717, 1.165) is 60.7 Å². The Morgan fingerprint density at radius 1 is 0.293 bits per heavy atom. The second-order valence-electron chi connectivity index (χ2n) is 18.8. The molecule has 92 heavy (non-hydrogen) atoms. The Bertz CT molecular complexity index is 5160. The van der Waals surface area contributed by atoms with Crippen LogP contribution in [0.5, 0.6) is 12.0 Å². The molecule has 0 saturated carbocycles. The summed E-state index contributed by atoms with van der Waals surface area (Å²) in [4.78, 5) is 19.4. The predicted octanol–water partition coefficient (Wildman–Crippen LogP) is 9.23. The number of fused-ring (bicyclic) bond motifs is 2. The maximum Gasteiger partial charge on any atom is 0.320 e. The van der Waals surface area contributed by atoms with E-state index in [1.54, 1.807) is 0 Å². The number of rotatable bonds is 20. The molecule has 0 aliphatic heterocycles. The maximum atomic E-state index is 12.7. The molecule has 0 amide bonds. The fourth-order valence-corrected chi connectivity index (χ4v) is 12.9. The summed E-state index contributed by atoms with van der Waals surface area (Å²) in [5, 5.41) is 46.7. The number of hydrogen-bond acceptors (Lipinski definition) is 28. The van der Waals surface area contributed by atoms with Gasteiger partial charge in [0.05, 0.1) is 22.7 Å². The van der Waals surface area contributed by atoms with Gasteiger partial charge in [-0.05, 0) is 120 Å². The topological polar surface area (TPSA) is 542 Å². The average molecular weight is 1370 g/mol. The van der Waals surface area contributed by atoms with Crippen LogP contribution in [0.3, 0.4) is 0 Å². The fraction of sp³-hybridized carbons (Fsp3) is 0. The van der Waals surface area contributed by atoms with Crippen molar-refractivity contribution < 1.29 is 88.0 Å². The lowest BCUT2D eigenvalue weighted by molar-refractivity contribution is 0.429. The Hall–Kier alpha value is -10.5. The first-order valence-electron chi connectivity index (χ1n) is 25.1. The second kappa shape index (κ2) is 24.7. The lowest BCUT2D eigenvalue weighted by atomic mass is 10.1. The smallest absolute Gasteiger partial charge is 0.320 e. The SMILES string of the molecule is O=S(=O)(O)c1cc(Nc2nc(O)nc(Nc3ccc(/N=N/c4cc(S(=O)(=O)O)c5cccc(S(=O)(=O)O)c5c4)cc3)n2)ccc1/C=C/c1ccc(Nc2nc(O)nc(Nc3ccc(/N=N/c4cc(S(=O)(=O)O)c5cccc(S(=O)(=O)O)c5c4)cc3)n2)cc1S(=O)(=O)O. The first-order valence-corrected chi connectivity index (χ1v) is 33.7. The minimum Gasteiger partial charge on any atom is -0.479 e. The molecule has 12 N–H and O–H groups in total. The first kappa shape index (κ1) is 64.5. The molecule has 8 aromatic carbocycles. The molecule has 0 radical (unpaired) electrons. The Balaban J connectivity index is 0.810. The van der Waals surface area contributed by atoms with Gasteiger partial charge in [-0.25, -0.2) is 0 Å². The normalized spacial score (nSPS) is 12.7. The zero-order valence-electron chi connectivity index (χ0n) is 45.4. The van der Waals surface area contributed by atoms with Gasteiger partial charge in [0.15, 0.2) is 0 Å². The minimum atomic E-state index is -5.05. The van der Waals surface area contributed by atoms with Crippen molar-refractivity contribution in [2.24, 2.45) is 20.5 Å². The third-order valence-corrected chi connectivity index (χ3v) is 17.9. The summed E-state index contributed by atoms with van der Waals surface area (Å²) >= 11 is 0. The molecule has 10 aromatic rings. The van der Waals surface area contributed by atoms with Crippen LogP contribution in [0.2, 0.25) is 0 Å². The molecule has 2 aromatic heterocycles. The van der Waals surface area contributed by atoms with E-state index in [4.69, 9.17) is 0 Å². The van der Waals surface area contributed by atoms with Gasteiger partial charge >= 0.3 is 12.0 Å². The van der Waals surface area contributed by atoms with Crippen LogP contribution in [0.4, 0.5) is 69.3 Å². The molecule has 40 heteroatoms. The van der Waals surface area contributed by atoms with Crippen molar-refractivity contribution in [2.75, 3.05) is 21.3 Å². The van der Waals surface area contributed by atoms with E-state index in [1.807, 2.05) is 0 Å². The third kappa shape index (κ3) is 15.4. The maximum absolute atomic E-state index is 12.7. The molecule has 34 nitrogen and oxygen atoms in total. The molecule has 2 heterocycles. The summed E-state index contributed by atoms with van der Waals surface area (Å²) in [7, 11) is -29.6. The zero-order chi connectivity index (χ0) is 66.3. The molecule has 472 valence electrons. The van der Waals surface area contributed by atoms with E-state index in [1.165, 1.54) is 97.1 Å². The van der Waals surface area contributed by atoms with E-state index in [-0.39, 0.29) is 90.6 Å². The lowest BCUT2D eigenvalue weighted by Gasteiger charge is -2.11. The van der Waals surface area contributed by atoms with Crippen molar-refractivity contribution in [3.05, 3.63) is 157 Å². The van der Waals surface area contributed by atoms with Gasteiger partial charge in [-0.3, -0.25) is 27.3 Å².